The van der Waals surface area contributed by atoms with Gasteiger partial charge in [-0.2, -0.15) is 0 Å². The number of aliphatic hydroxyl groups excluding tert-OH is 1. The van der Waals surface area contributed by atoms with Crippen molar-refractivity contribution in [3.63, 3.8) is 0 Å². The van der Waals surface area contributed by atoms with Gasteiger partial charge in [0.1, 0.15) is 5.58 Å². The molecule has 4 heteroatoms. The molecule has 3 rings (SSSR count). The lowest BCUT2D eigenvalue weighted by molar-refractivity contribution is 0.147. The Morgan fingerprint density at radius 1 is 1.12 bits per heavy atom. The van der Waals surface area contributed by atoms with Gasteiger partial charge in [-0.25, -0.2) is 4.79 Å². The summed E-state index contributed by atoms with van der Waals surface area (Å²) in [7, 11) is 2.00. The van der Waals surface area contributed by atoms with Crippen LogP contribution < -0.4 is 5.63 Å². The molecule has 0 spiro atoms. The first-order valence-electron chi connectivity index (χ1n) is 8.89. The van der Waals surface area contributed by atoms with E-state index in [-0.39, 0.29) is 5.63 Å². The molecule has 3 aromatic rings. The Hall–Kier alpha value is -2.43. The van der Waals surface area contributed by atoms with E-state index in [2.05, 4.69) is 11.0 Å². The van der Waals surface area contributed by atoms with Crippen LogP contribution >= 0.6 is 0 Å². The minimum Gasteiger partial charge on any atom is -0.422 e. The van der Waals surface area contributed by atoms with Gasteiger partial charge in [0.25, 0.3) is 0 Å². The van der Waals surface area contributed by atoms with Crippen LogP contribution in [0.4, 0.5) is 0 Å². The summed E-state index contributed by atoms with van der Waals surface area (Å²) in [5, 5.41) is 11.3. The Balaban J connectivity index is 1.75. The van der Waals surface area contributed by atoms with E-state index < -0.39 is 6.10 Å². The summed E-state index contributed by atoms with van der Waals surface area (Å²) in [4.78, 5) is 14.1. The predicted octanol–water partition coefficient (Wildman–Crippen LogP) is 3.97. The topological polar surface area (TPSA) is 53.7 Å². The summed E-state index contributed by atoms with van der Waals surface area (Å²) in [6, 6.07) is 15.3. The fourth-order valence-corrected chi connectivity index (χ4v) is 3.36. The average molecular weight is 351 g/mol. The van der Waals surface area contributed by atoms with E-state index in [1.807, 2.05) is 57.3 Å². The van der Waals surface area contributed by atoms with Crippen molar-refractivity contribution in [2.24, 2.45) is 0 Å². The van der Waals surface area contributed by atoms with Crippen LogP contribution in [-0.4, -0.2) is 23.6 Å². The first-order valence-corrected chi connectivity index (χ1v) is 8.89. The van der Waals surface area contributed by atoms with Gasteiger partial charge in [0.2, 0.25) is 0 Å². The second kappa shape index (κ2) is 7.85. The highest BCUT2D eigenvalue weighted by Gasteiger charge is 2.13. The van der Waals surface area contributed by atoms with Gasteiger partial charge in [0, 0.05) is 24.5 Å². The molecular weight excluding hydrogens is 326 g/mol. The van der Waals surface area contributed by atoms with E-state index in [0.717, 1.165) is 34.2 Å². The highest BCUT2D eigenvalue weighted by Crippen LogP contribution is 2.24. The van der Waals surface area contributed by atoms with Gasteiger partial charge in [0.15, 0.2) is 0 Å². The molecule has 0 aliphatic carbocycles. The smallest absolute Gasteiger partial charge is 0.336 e. The molecule has 4 nitrogen and oxygen atoms in total. The Kier molecular flexibility index (Phi) is 5.55. The zero-order valence-electron chi connectivity index (χ0n) is 15.5. The van der Waals surface area contributed by atoms with Crippen molar-refractivity contribution >= 4 is 11.0 Å². The lowest BCUT2D eigenvalue weighted by Crippen LogP contribution is -2.22. The predicted molar refractivity (Wildman–Crippen MR) is 104 cm³/mol. The molecule has 26 heavy (non-hydrogen) atoms. The monoisotopic (exact) mass is 351 g/mol. The van der Waals surface area contributed by atoms with Crippen LogP contribution in [-0.2, 0) is 6.54 Å². The summed E-state index contributed by atoms with van der Waals surface area (Å²) in [6.07, 6.45) is 0.151. The third-order valence-corrected chi connectivity index (χ3v) is 4.67. The summed E-state index contributed by atoms with van der Waals surface area (Å²) >= 11 is 0. The van der Waals surface area contributed by atoms with E-state index in [1.165, 1.54) is 0 Å². The molecule has 1 aromatic heterocycles. The van der Waals surface area contributed by atoms with E-state index in [4.69, 9.17) is 4.42 Å². The molecule has 136 valence electrons. The summed E-state index contributed by atoms with van der Waals surface area (Å²) in [5.74, 6) is 0. The molecular formula is C22H25NO3. The largest absolute Gasteiger partial charge is 0.422 e. The molecule has 0 unspecified atom stereocenters. The van der Waals surface area contributed by atoms with E-state index in [9.17, 15) is 9.90 Å². The molecule has 1 heterocycles. The number of benzene rings is 2. The first-order chi connectivity index (χ1) is 12.4. The van der Waals surface area contributed by atoms with Gasteiger partial charge in [-0.1, -0.05) is 36.4 Å². The maximum atomic E-state index is 11.9. The lowest BCUT2D eigenvalue weighted by Gasteiger charge is -2.20. The zero-order valence-corrected chi connectivity index (χ0v) is 15.5. The van der Waals surface area contributed by atoms with Crippen LogP contribution in [0.2, 0.25) is 0 Å². The summed E-state index contributed by atoms with van der Waals surface area (Å²) < 4.78 is 5.41. The van der Waals surface area contributed by atoms with Crippen molar-refractivity contribution < 1.29 is 9.52 Å². The highest BCUT2D eigenvalue weighted by molar-refractivity contribution is 5.83. The molecule has 0 radical (unpaired) electrons. The standard InChI is InChI=1S/C22H25NO3/c1-15-11-16(2)22-19(12-15)18(13-21(25)26-22)14-23(3)10-9-20(24)17-7-5-4-6-8-17/h4-8,11-13,20,24H,9-10,14H2,1-3H3/t20-/m0/s1. The fourth-order valence-electron chi connectivity index (χ4n) is 3.36. The Bertz CT molecular complexity index is 947. The molecule has 0 saturated carbocycles. The van der Waals surface area contributed by atoms with Crippen LogP contribution in [0.5, 0.6) is 0 Å². The van der Waals surface area contributed by atoms with Crippen LogP contribution in [0.25, 0.3) is 11.0 Å². The first kappa shape index (κ1) is 18.4. The van der Waals surface area contributed by atoms with Crippen molar-refractivity contribution in [3.8, 4) is 0 Å². The molecule has 2 aromatic carbocycles. The second-order valence-corrected chi connectivity index (χ2v) is 7.00. The summed E-state index contributed by atoms with van der Waals surface area (Å²) in [6.45, 7) is 5.36. The average Bonchev–Trinajstić information content (AvgIpc) is 2.61. The maximum absolute atomic E-state index is 11.9. The number of fused-ring (bicyclic) bond motifs is 1. The third kappa shape index (κ3) is 4.21. The van der Waals surface area contributed by atoms with Crippen LogP contribution in [0.1, 0.15) is 34.8 Å². The lowest BCUT2D eigenvalue weighted by atomic mass is 10.0. The number of hydrogen-bond acceptors (Lipinski definition) is 4. The zero-order chi connectivity index (χ0) is 18.7. The number of aliphatic hydroxyl groups is 1. The van der Waals surface area contributed by atoms with Crippen LogP contribution in [0.3, 0.4) is 0 Å². The number of aryl methyl sites for hydroxylation is 2. The van der Waals surface area contributed by atoms with Crippen LogP contribution in [0, 0.1) is 13.8 Å². The van der Waals surface area contributed by atoms with Crippen molar-refractivity contribution in [2.75, 3.05) is 13.6 Å². The van der Waals surface area contributed by atoms with Gasteiger partial charge >= 0.3 is 5.63 Å². The fraction of sp³-hybridized carbons (Fsp3) is 0.318. The Morgan fingerprint density at radius 2 is 1.85 bits per heavy atom. The van der Waals surface area contributed by atoms with Crippen LogP contribution in [0.15, 0.2) is 57.7 Å². The Labute approximate surface area is 153 Å². The number of rotatable bonds is 6. The summed E-state index contributed by atoms with van der Waals surface area (Å²) in [5.41, 5.74) is 4.35. The van der Waals surface area contributed by atoms with Crippen molar-refractivity contribution in [3.05, 3.63) is 81.2 Å². The Morgan fingerprint density at radius 3 is 2.58 bits per heavy atom. The highest BCUT2D eigenvalue weighted by atomic mass is 16.4. The van der Waals surface area contributed by atoms with E-state index in [0.29, 0.717) is 18.5 Å². The van der Waals surface area contributed by atoms with Gasteiger partial charge in [-0.15, -0.1) is 0 Å². The molecule has 0 amide bonds. The second-order valence-electron chi connectivity index (χ2n) is 7.00. The van der Waals surface area contributed by atoms with Gasteiger partial charge in [-0.3, -0.25) is 0 Å². The molecule has 0 fully saturated rings. The van der Waals surface area contributed by atoms with E-state index in [1.54, 1.807) is 6.07 Å². The molecule has 0 saturated heterocycles. The molecule has 0 aliphatic rings. The van der Waals surface area contributed by atoms with Gasteiger partial charge in [0.05, 0.1) is 6.10 Å². The number of nitrogens with zero attached hydrogens (tertiary/aromatic N) is 1. The van der Waals surface area contributed by atoms with Crippen molar-refractivity contribution in [2.45, 2.75) is 32.9 Å². The molecule has 1 N–H and O–H groups in total. The van der Waals surface area contributed by atoms with Crippen molar-refractivity contribution in [1.29, 1.82) is 0 Å². The SMILES string of the molecule is Cc1cc(C)c2oc(=O)cc(CN(C)CC[C@H](O)c3ccccc3)c2c1. The molecule has 0 bridgehead atoms. The number of hydrogen-bond donors (Lipinski definition) is 1. The van der Waals surface area contributed by atoms with E-state index >= 15 is 0 Å². The third-order valence-electron chi connectivity index (χ3n) is 4.67. The minimum absolute atomic E-state index is 0.322. The van der Waals surface area contributed by atoms with Crippen molar-refractivity contribution in [1.82, 2.24) is 4.90 Å². The normalized spacial score (nSPS) is 12.7. The molecule has 1 atom stereocenters. The quantitative estimate of drug-likeness (QED) is 0.683. The van der Waals surface area contributed by atoms with Gasteiger partial charge in [-0.05, 0) is 55.6 Å². The molecule has 0 aliphatic heterocycles. The minimum atomic E-state index is -0.485. The van der Waals surface area contributed by atoms with Gasteiger partial charge < -0.3 is 14.4 Å². The maximum Gasteiger partial charge on any atom is 0.336 e.